The molecule has 8 heteroatoms. The fourth-order valence-electron chi connectivity index (χ4n) is 5.35. The van der Waals surface area contributed by atoms with E-state index in [0.29, 0.717) is 6.04 Å². The van der Waals surface area contributed by atoms with Crippen LogP contribution in [-0.4, -0.2) is 42.2 Å². The van der Waals surface area contributed by atoms with Crippen LogP contribution >= 0.6 is 11.3 Å². The van der Waals surface area contributed by atoms with Crippen LogP contribution in [0.5, 0.6) is 0 Å². The molecule has 7 nitrogen and oxygen atoms in total. The number of nitrogens with one attached hydrogen (secondary N) is 1. The SMILES string of the molecule is CN(C)c1nc(NC2CCC(N(C(N)=O)c3ccc(-c4ccccc4)s3)CC2)nc2c1CCCC2. The van der Waals surface area contributed by atoms with Crippen molar-refractivity contribution in [1.82, 2.24) is 9.97 Å². The molecule has 0 unspecified atom stereocenters. The number of urea groups is 1. The Morgan fingerprint density at radius 2 is 1.74 bits per heavy atom. The number of amides is 2. The van der Waals surface area contributed by atoms with Crippen LogP contribution in [0, 0.1) is 0 Å². The van der Waals surface area contributed by atoms with Gasteiger partial charge in [0.2, 0.25) is 5.95 Å². The zero-order chi connectivity index (χ0) is 24.4. The van der Waals surface area contributed by atoms with Crippen LogP contribution in [0.4, 0.5) is 21.6 Å². The highest BCUT2D eigenvalue weighted by molar-refractivity contribution is 7.19. The molecule has 2 aromatic heterocycles. The largest absolute Gasteiger partial charge is 0.362 e. The van der Waals surface area contributed by atoms with E-state index in [1.54, 1.807) is 16.2 Å². The summed E-state index contributed by atoms with van der Waals surface area (Å²) in [4.78, 5) is 27.3. The van der Waals surface area contributed by atoms with Gasteiger partial charge in [0.05, 0.1) is 10.7 Å². The van der Waals surface area contributed by atoms with Gasteiger partial charge in [-0.25, -0.2) is 9.78 Å². The Morgan fingerprint density at radius 1 is 1.00 bits per heavy atom. The molecule has 0 bridgehead atoms. The van der Waals surface area contributed by atoms with Crippen LogP contribution in [0.25, 0.3) is 10.4 Å². The normalized spacial score (nSPS) is 19.6. The van der Waals surface area contributed by atoms with Crippen molar-refractivity contribution in [3.63, 3.8) is 0 Å². The number of rotatable bonds is 6. The number of anilines is 3. The summed E-state index contributed by atoms with van der Waals surface area (Å²) in [5.74, 6) is 1.77. The van der Waals surface area contributed by atoms with Gasteiger partial charge in [-0.05, 0) is 69.1 Å². The number of hydrogen-bond donors (Lipinski definition) is 2. The van der Waals surface area contributed by atoms with Crippen molar-refractivity contribution in [2.24, 2.45) is 5.73 Å². The first-order valence-electron chi connectivity index (χ1n) is 12.6. The molecule has 0 spiro atoms. The number of benzene rings is 1. The number of fused-ring (bicyclic) bond motifs is 1. The summed E-state index contributed by atoms with van der Waals surface area (Å²) >= 11 is 1.62. The number of hydrogen-bond acceptors (Lipinski definition) is 6. The van der Waals surface area contributed by atoms with E-state index in [2.05, 4.69) is 42.5 Å². The summed E-state index contributed by atoms with van der Waals surface area (Å²) in [7, 11) is 4.11. The lowest BCUT2D eigenvalue weighted by Gasteiger charge is -2.35. The zero-order valence-electron chi connectivity index (χ0n) is 20.5. The molecule has 1 aromatic carbocycles. The Kier molecular flexibility index (Phi) is 6.90. The average molecular weight is 491 g/mol. The molecule has 1 fully saturated rings. The Morgan fingerprint density at radius 3 is 2.46 bits per heavy atom. The second kappa shape index (κ2) is 10.2. The van der Waals surface area contributed by atoms with E-state index in [4.69, 9.17) is 15.7 Å². The topological polar surface area (TPSA) is 87.4 Å². The van der Waals surface area contributed by atoms with Crippen LogP contribution in [0.3, 0.4) is 0 Å². The molecular weight excluding hydrogens is 456 g/mol. The molecule has 3 aromatic rings. The maximum absolute atomic E-state index is 12.5. The maximum atomic E-state index is 12.5. The summed E-state index contributed by atoms with van der Waals surface area (Å²) in [6.07, 6.45) is 8.17. The quantitative estimate of drug-likeness (QED) is 0.479. The van der Waals surface area contributed by atoms with E-state index >= 15 is 0 Å². The molecule has 2 aliphatic rings. The summed E-state index contributed by atoms with van der Waals surface area (Å²) in [5.41, 5.74) is 9.52. The molecular formula is C27H34N6OS. The minimum atomic E-state index is -0.378. The van der Waals surface area contributed by atoms with E-state index in [1.807, 2.05) is 24.3 Å². The number of carbonyl (C=O) groups excluding carboxylic acids is 1. The summed E-state index contributed by atoms with van der Waals surface area (Å²) in [6, 6.07) is 14.4. The van der Waals surface area contributed by atoms with Gasteiger partial charge in [0.25, 0.3) is 0 Å². The van der Waals surface area contributed by atoms with Crippen LogP contribution in [0.15, 0.2) is 42.5 Å². The molecule has 184 valence electrons. The molecule has 0 aliphatic heterocycles. The minimum Gasteiger partial charge on any atom is -0.362 e. The summed E-state index contributed by atoms with van der Waals surface area (Å²) < 4.78 is 0. The molecule has 3 N–H and O–H groups in total. The third-order valence-corrected chi connectivity index (χ3v) is 8.24. The van der Waals surface area contributed by atoms with Crippen molar-refractivity contribution in [2.75, 3.05) is 29.2 Å². The van der Waals surface area contributed by atoms with Gasteiger partial charge in [-0.2, -0.15) is 4.98 Å². The number of primary amides is 1. The molecule has 0 saturated heterocycles. The molecule has 0 atom stereocenters. The molecule has 2 heterocycles. The van der Waals surface area contributed by atoms with Gasteiger partial charge >= 0.3 is 6.03 Å². The second-order valence-corrected chi connectivity index (χ2v) is 10.8. The van der Waals surface area contributed by atoms with Gasteiger partial charge in [0.1, 0.15) is 5.82 Å². The van der Waals surface area contributed by atoms with Crippen molar-refractivity contribution < 1.29 is 4.79 Å². The maximum Gasteiger partial charge on any atom is 0.320 e. The third kappa shape index (κ3) is 5.12. The molecule has 2 amide bonds. The van der Waals surface area contributed by atoms with Gasteiger partial charge in [0.15, 0.2) is 0 Å². The molecule has 35 heavy (non-hydrogen) atoms. The van der Waals surface area contributed by atoms with Gasteiger partial charge in [-0.3, -0.25) is 4.90 Å². The highest BCUT2D eigenvalue weighted by Gasteiger charge is 2.30. The first-order chi connectivity index (χ1) is 17.0. The van der Waals surface area contributed by atoms with Gasteiger partial charge < -0.3 is 16.0 Å². The van der Waals surface area contributed by atoms with Crippen LogP contribution < -0.4 is 20.9 Å². The first-order valence-corrected chi connectivity index (χ1v) is 13.4. The van der Waals surface area contributed by atoms with Gasteiger partial charge in [-0.1, -0.05) is 30.3 Å². The van der Waals surface area contributed by atoms with Gasteiger partial charge in [-0.15, -0.1) is 11.3 Å². The molecule has 0 radical (unpaired) electrons. The lowest BCUT2D eigenvalue weighted by Crippen LogP contribution is -2.46. The number of nitrogens with zero attached hydrogens (tertiary/aromatic N) is 4. The highest BCUT2D eigenvalue weighted by atomic mass is 32.1. The van der Waals surface area contributed by atoms with Crippen molar-refractivity contribution in [3.8, 4) is 10.4 Å². The number of nitrogens with two attached hydrogens (primary N) is 1. The molecule has 5 rings (SSSR count). The lowest BCUT2D eigenvalue weighted by atomic mass is 9.90. The van der Waals surface area contributed by atoms with Crippen molar-refractivity contribution >= 4 is 34.1 Å². The predicted molar refractivity (Wildman–Crippen MR) is 144 cm³/mol. The molecule has 1 saturated carbocycles. The number of carbonyl (C=O) groups is 1. The van der Waals surface area contributed by atoms with E-state index < -0.39 is 0 Å². The smallest absolute Gasteiger partial charge is 0.320 e. The summed E-state index contributed by atoms with van der Waals surface area (Å²) in [5, 5.41) is 4.52. The molecule has 2 aliphatic carbocycles. The fraction of sp³-hybridized carbons (Fsp3) is 0.444. The third-order valence-electron chi connectivity index (χ3n) is 7.10. The van der Waals surface area contributed by atoms with Crippen LogP contribution in [0.1, 0.15) is 49.8 Å². The Balaban J connectivity index is 1.26. The Labute approximate surface area is 211 Å². The Hall–Kier alpha value is -3.13. The highest BCUT2D eigenvalue weighted by Crippen LogP contribution is 2.37. The van der Waals surface area contributed by atoms with Crippen LogP contribution in [0.2, 0.25) is 0 Å². The van der Waals surface area contributed by atoms with E-state index in [1.165, 1.54) is 24.1 Å². The number of aromatic nitrogens is 2. The second-order valence-electron chi connectivity index (χ2n) is 9.76. The minimum absolute atomic E-state index is 0.106. The van der Waals surface area contributed by atoms with E-state index in [-0.39, 0.29) is 12.1 Å². The summed E-state index contributed by atoms with van der Waals surface area (Å²) in [6.45, 7) is 0. The number of aryl methyl sites for hydroxylation is 1. The van der Waals surface area contributed by atoms with E-state index in [9.17, 15) is 4.79 Å². The van der Waals surface area contributed by atoms with Crippen molar-refractivity contribution in [2.45, 2.75) is 63.5 Å². The monoisotopic (exact) mass is 490 g/mol. The standard InChI is InChI=1S/C27H34N6OS/c1-32(2)25-21-10-6-7-11-22(21)30-27(31-25)29-19-12-14-20(15-13-19)33(26(28)34)24-17-16-23(35-24)18-8-4-3-5-9-18/h3-5,8-9,16-17,19-20H,6-7,10-15H2,1-2H3,(H2,28,34)(H,29,30,31). The van der Waals surface area contributed by atoms with Crippen molar-refractivity contribution in [3.05, 3.63) is 53.7 Å². The van der Waals surface area contributed by atoms with Gasteiger partial charge in [0, 0.05) is 36.6 Å². The van der Waals surface area contributed by atoms with Crippen LogP contribution in [-0.2, 0) is 12.8 Å². The zero-order valence-corrected chi connectivity index (χ0v) is 21.4. The van der Waals surface area contributed by atoms with Crippen molar-refractivity contribution in [1.29, 1.82) is 0 Å². The average Bonchev–Trinajstić information content (AvgIpc) is 3.34. The Bertz CT molecular complexity index is 1170. The predicted octanol–water partition coefficient (Wildman–Crippen LogP) is 5.46. The first kappa shape index (κ1) is 23.6. The van der Waals surface area contributed by atoms with E-state index in [0.717, 1.165) is 65.7 Å². The number of thiophene rings is 1. The lowest BCUT2D eigenvalue weighted by molar-refractivity contribution is 0.248. The fourth-order valence-corrected chi connectivity index (χ4v) is 6.44.